The van der Waals surface area contributed by atoms with Crippen LogP contribution in [0.5, 0.6) is 5.75 Å². The standard InChI is InChI=1S/C14H17NO3/c1-2-18-13-8-4-3-7-12(13)14(17)15-9-5-6-11(16)10-15/h3-4,7-8H,2,5-6,9-10H2,1H3. The van der Waals surface area contributed by atoms with E-state index in [1.54, 1.807) is 17.0 Å². The van der Waals surface area contributed by atoms with Gasteiger partial charge in [0.15, 0.2) is 5.78 Å². The molecule has 1 fully saturated rings. The molecule has 1 saturated heterocycles. The van der Waals surface area contributed by atoms with Crippen LogP contribution in [-0.4, -0.2) is 36.3 Å². The highest BCUT2D eigenvalue weighted by atomic mass is 16.5. The number of benzene rings is 1. The molecule has 1 amide bonds. The Morgan fingerprint density at radius 2 is 2.17 bits per heavy atom. The number of para-hydroxylation sites is 1. The van der Waals surface area contributed by atoms with Crippen molar-refractivity contribution in [1.29, 1.82) is 0 Å². The van der Waals surface area contributed by atoms with E-state index < -0.39 is 0 Å². The van der Waals surface area contributed by atoms with Crippen LogP contribution in [0.25, 0.3) is 0 Å². The van der Waals surface area contributed by atoms with Crippen LogP contribution in [0.1, 0.15) is 30.1 Å². The minimum absolute atomic E-state index is 0.118. The minimum atomic E-state index is -0.118. The molecule has 0 radical (unpaired) electrons. The number of hydrogen-bond acceptors (Lipinski definition) is 3. The SMILES string of the molecule is CCOc1ccccc1C(=O)N1CCCC(=O)C1. The maximum Gasteiger partial charge on any atom is 0.258 e. The molecule has 0 unspecified atom stereocenters. The van der Waals surface area contributed by atoms with Gasteiger partial charge in [-0.2, -0.15) is 0 Å². The smallest absolute Gasteiger partial charge is 0.258 e. The lowest BCUT2D eigenvalue weighted by Gasteiger charge is -2.26. The Balaban J connectivity index is 2.19. The van der Waals surface area contributed by atoms with Gasteiger partial charge in [-0.1, -0.05) is 12.1 Å². The predicted molar refractivity (Wildman–Crippen MR) is 67.8 cm³/mol. The highest BCUT2D eigenvalue weighted by Gasteiger charge is 2.24. The Morgan fingerprint density at radius 1 is 1.39 bits per heavy atom. The Morgan fingerprint density at radius 3 is 2.89 bits per heavy atom. The number of carbonyl (C=O) groups is 2. The van der Waals surface area contributed by atoms with E-state index in [9.17, 15) is 9.59 Å². The van der Waals surface area contributed by atoms with E-state index in [1.165, 1.54) is 0 Å². The molecule has 0 saturated carbocycles. The molecule has 1 aromatic carbocycles. The van der Waals surface area contributed by atoms with Crippen LogP contribution in [0.15, 0.2) is 24.3 Å². The molecule has 0 aromatic heterocycles. The van der Waals surface area contributed by atoms with E-state index in [0.29, 0.717) is 30.9 Å². The summed E-state index contributed by atoms with van der Waals surface area (Å²) in [7, 11) is 0. The molecule has 18 heavy (non-hydrogen) atoms. The number of ketones is 1. The maximum atomic E-state index is 12.3. The van der Waals surface area contributed by atoms with E-state index in [-0.39, 0.29) is 18.2 Å². The first-order valence-electron chi connectivity index (χ1n) is 6.25. The summed E-state index contributed by atoms with van der Waals surface area (Å²) in [6.07, 6.45) is 1.33. The quantitative estimate of drug-likeness (QED) is 0.819. The fourth-order valence-electron chi connectivity index (χ4n) is 2.11. The van der Waals surface area contributed by atoms with Crippen LogP contribution in [0.2, 0.25) is 0 Å². The summed E-state index contributed by atoms with van der Waals surface area (Å²) < 4.78 is 5.44. The molecule has 0 aliphatic carbocycles. The average molecular weight is 247 g/mol. The van der Waals surface area contributed by atoms with Crippen molar-refractivity contribution in [2.75, 3.05) is 19.7 Å². The average Bonchev–Trinajstić information content (AvgIpc) is 2.39. The van der Waals surface area contributed by atoms with E-state index in [1.807, 2.05) is 19.1 Å². The van der Waals surface area contributed by atoms with Crippen molar-refractivity contribution in [1.82, 2.24) is 4.90 Å². The van der Waals surface area contributed by atoms with E-state index >= 15 is 0 Å². The molecular formula is C14H17NO3. The lowest BCUT2D eigenvalue weighted by atomic mass is 10.1. The van der Waals surface area contributed by atoms with Crippen molar-refractivity contribution >= 4 is 11.7 Å². The van der Waals surface area contributed by atoms with Crippen LogP contribution in [-0.2, 0) is 4.79 Å². The zero-order valence-corrected chi connectivity index (χ0v) is 10.5. The molecular weight excluding hydrogens is 230 g/mol. The molecule has 96 valence electrons. The first-order valence-corrected chi connectivity index (χ1v) is 6.25. The zero-order valence-electron chi connectivity index (χ0n) is 10.5. The van der Waals surface area contributed by atoms with Gasteiger partial charge in [0, 0.05) is 13.0 Å². The van der Waals surface area contributed by atoms with Crippen LogP contribution in [0.3, 0.4) is 0 Å². The van der Waals surface area contributed by atoms with E-state index in [2.05, 4.69) is 0 Å². The highest BCUT2D eigenvalue weighted by molar-refractivity contribution is 5.99. The Hall–Kier alpha value is -1.84. The summed E-state index contributed by atoms with van der Waals surface area (Å²) in [5.74, 6) is 0.596. The fourth-order valence-corrected chi connectivity index (χ4v) is 2.11. The molecule has 1 aromatic rings. The van der Waals surface area contributed by atoms with Gasteiger partial charge in [-0.05, 0) is 25.5 Å². The predicted octanol–water partition coefficient (Wildman–Crippen LogP) is 1.89. The molecule has 0 atom stereocenters. The number of ether oxygens (including phenoxy) is 1. The molecule has 0 bridgehead atoms. The van der Waals surface area contributed by atoms with Crippen molar-refractivity contribution in [2.24, 2.45) is 0 Å². The minimum Gasteiger partial charge on any atom is -0.493 e. The second-order valence-electron chi connectivity index (χ2n) is 4.30. The van der Waals surface area contributed by atoms with Crippen LogP contribution in [0.4, 0.5) is 0 Å². The lowest BCUT2D eigenvalue weighted by Crippen LogP contribution is -2.40. The highest BCUT2D eigenvalue weighted by Crippen LogP contribution is 2.21. The molecule has 1 aliphatic heterocycles. The van der Waals surface area contributed by atoms with Gasteiger partial charge in [-0.3, -0.25) is 9.59 Å². The summed E-state index contributed by atoms with van der Waals surface area (Å²) >= 11 is 0. The van der Waals surface area contributed by atoms with Gasteiger partial charge in [-0.15, -0.1) is 0 Å². The van der Waals surface area contributed by atoms with Gasteiger partial charge in [0.05, 0.1) is 18.7 Å². The van der Waals surface area contributed by atoms with Crippen LogP contribution in [0, 0.1) is 0 Å². The van der Waals surface area contributed by atoms with Gasteiger partial charge < -0.3 is 9.64 Å². The molecule has 0 N–H and O–H groups in total. The normalized spacial score (nSPS) is 15.6. The maximum absolute atomic E-state index is 12.3. The molecule has 4 heteroatoms. The second-order valence-corrected chi connectivity index (χ2v) is 4.30. The zero-order chi connectivity index (χ0) is 13.0. The van der Waals surface area contributed by atoms with Crippen molar-refractivity contribution in [3.63, 3.8) is 0 Å². The van der Waals surface area contributed by atoms with Gasteiger partial charge in [0.25, 0.3) is 5.91 Å². The van der Waals surface area contributed by atoms with Crippen molar-refractivity contribution in [2.45, 2.75) is 19.8 Å². The second kappa shape index (κ2) is 5.67. The van der Waals surface area contributed by atoms with Crippen molar-refractivity contribution in [3.05, 3.63) is 29.8 Å². The Labute approximate surface area is 107 Å². The summed E-state index contributed by atoms with van der Waals surface area (Å²) in [5.41, 5.74) is 0.536. The van der Waals surface area contributed by atoms with Crippen LogP contribution < -0.4 is 4.74 Å². The number of carbonyl (C=O) groups excluding carboxylic acids is 2. The third-order valence-corrected chi connectivity index (χ3v) is 2.96. The van der Waals surface area contributed by atoms with Crippen molar-refractivity contribution in [3.8, 4) is 5.75 Å². The molecule has 2 rings (SSSR count). The summed E-state index contributed by atoms with van der Waals surface area (Å²) in [6.45, 7) is 3.26. The van der Waals surface area contributed by atoms with Gasteiger partial charge in [-0.25, -0.2) is 0 Å². The summed E-state index contributed by atoms with van der Waals surface area (Å²) in [5, 5.41) is 0. The Bertz CT molecular complexity index is 456. The van der Waals surface area contributed by atoms with Gasteiger partial charge in [0.1, 0.15) is 5.75 Å². The Kier molecular flexibility index (Phi) is 3.97. The van der Waals surface area contributed by atoms with Crippen LogP contribution >= 0.6 is 0 Å². The lowest BCUT2D eigenvalue weighted by molar-refractivity contribution is -0.121. The molecule has 1 aliphatic rings. The summed E-state index contributed by atoms with van der Waals surface area (Å²) in [4.78, 5) is 25.3. The molecule has 0 spiro atoms. The number of nitrogens with zero attached hydrogens (tertiary/aromatic N) is 1. The van der Waals surface area contributed by atoms with Gasteiger partial charge in [0.2, 0.25) is 0 Å². The number of rotatable bonds is 3. The largest absolute Gasteiger partial charge is 0.493 e. The third kappa shape index (κ3) is 2.70. The first kappa shape index (κ1) is 12.6. The third-order valence-electron chi connectivity index (χ3n) is 2.96. The van der Waals surface area contributed by atoms with E-state index in [0.717, 1.165) is 6.42 Å². The number of Topliss-reactive ketones (excluding diaryl/α,β-unsaturated/α-hetero) is 1. The number of likely N-dealkylation sites (tertiary alicyclic amines) is 1. The number of amides is 1. The summed E-state index contributed by atoms with van der Waals surface area (Å²) in [6, 6.07) is 7.17. The monoisotopic (exact) mass is 247 g/mol. The molecule has 4 nitrogen and oxygen atoms in total. The topological polar surface area (TPSA) is 46.6 Å². The number of hydrogen-bond donors (Lipinski definition) is 0. The first-order chi connectivity index (χ1) is 8.72. The number of piperidine rings is 1. The van der Waals surface area contributed by atoms with Crippen molar-refractivity contribution < 1.29 is 14.3 Å². The van der Waals surface area contributed by atoms with E-state index in [4.69, 9.17) is 4.74 Å². The molecule has 1 heterocycles. The van der Waals surface area contributed by atoms with Gasteiger partial charge >= 0.3 is 0 Å². The fraction of sp³-hybridized carbons (Fsp3) is 0.429.